The van der Waals surface area contributed by atoms with Crippen LogP contribution in [0.5, 0.6) is 0 Å². The van der Waals surface area contributed by atoms with Crippen molar-refractivity contribution in [1.82, 2.24) is 15.1 Å². The van der Waals surface area contributed by atoms with Crippen molar-refractivity contribution in [2.45, 2.75) is 12.1 Å². The number of β-amino-alcohol motifs (C(OH)–C–C–N with tert-alkyl or cyclic N) is 1. The molecular formula is C13H15N3O. The Labute approximate surface area is 99.9 Å². The van der Waals surface area contributed by atoms with Gasteiger partial charge in [0, 0.05) is 24.8 Å². The van der Waals surface area contributed by atoms with Gasteiger partial charge in [-0.2, -0.15) is 5.10 Å². The van der Waals surface area contributed by atoms with Crippen LogP contribution in [0.2, 0.25) is 0 Å². The van der Waals surface area contributed by atoms with E-state index < -0.39 is 5.60 Å². The van der Waals surface area contributed by atoms with Crippen LogP contribution in [0.4, 0.5) is 0 Å². The first-order valence-electron chi connectivity index (χ1n) is 5.76. The lowest BCUT2D eigenvalue weighted by atomic mass is 9.91. The van der Waals surface area contributed by atoms with Gasteiger partial charge in [0.2, 0.25) is 0 Å². The molecule has 0 amide bonds. The van der Waals surface area contributed by atoms with Crippen LogP contribution in [-0.2, 0) is 12.1 Å². The Morgan fingerprint density at radius 3 is 2.71 bits per heavy atom. The molecule has 1 fully saturated rings. The molecule has 4 nitrogen and oxygen atoms in total. The summed E-state index contributed by atoms with van der Waals surface area (Å²) in [7, 11) is 0. The monoisotopic (exact) mass is 229 g/mol. The molecule has 2 heterocycles. The summed E-state index contributed by atoms with van der Waals surface area (Å²) in [4.78, 5) is 0. The van der Waals surface area contributed by atoms with Gasteiger partial charge in [-0.1, -0.05) is 30.3 Å². The van der Waals surface area contributed by atoms with E-state index in [2.05, 4.69) is 22.5 Å². The fourth-order valence-electron chi connectivity index (χ4n) is 2.03. The highest BCUT2D eigenvalue weighted by atomic mass is 16.3. The molecule has 1 aliphatic rings. The highest BCUT2D eigenvalue weighted by Crippen LogP contribution is 2.24. The van der Waals surface area contributed by atoms with E-state index in [1.54, 1.807) is 6.20 Å². The summed E-state index contributed by atoms with van der Waals surface area (Å²) in [6.07, 6.45) is 3.68. The third kappa shape index (κ3) is 1.97. The molecule has 1 aliphatic heterocycles. The molecule has 1 aromatic heterocycles. The van der Waals surface area contributed by atoms with Gasteiger partial charge in [0.05, 0.1) is 12.7 Å². The normalized spacial score (nSPS) is 17.7. The third-order valence-electron chi connectivity index (χ3n) is 3.19. The molecular weight excluding hydrogens is 214 g/mol. The van der Waals surface area contributed by atoms with Crippen molar-refractivity contribution in [2.75, 3.05) is 13.1 Å². The van der Waals surface area contributed by atoms with E-state index >= 15 is 0 Å². The fraction of sp³-hybridized carbons (Fsp3) is 0.308. The van der Waals surface area contributed by atoms with E-state index in [-0.39, 0.29) is 0 Å². The lowest BCUT2D eigenvalue weighted by molar-refractivity contribution is -0.0147. The number of benzene rings is 1. The molecule has 17 heavy (non-hydrogen) atoms. The van der Waals surface area contributed by atoms with Crippen LogP contribution in [0.25, 0.3) is 0 Å². The predicted molar refractivity (Wildman–Crippen MR) is 64.5 cm³/mol. The summed E-state index contributed by atoms with van der Waals surface area (Å²) in [5.41, 5.74) is 1.39. The second-order valence-electron chi connectivity index (χ2n) is 4.55. The number of nitrogens with zero attached hydrogens (tertiary/aromatic N) is 2. The van der Waals surface area contributed by atoms with Crippen molar-refractivity contribution in [1.29, 1.82) is 0 Å². The maximum atomic E-state index is 10.1. The standard InChI is InChI=1S/C13H15N3O/c17-13(9-14-10-13)12-6-15-16(8-12)7-11-4-2-1-3-5-11/h1-6,8,14,17H,7,9-10H2. The van der Waals surface area contributed by atoms with Gasteiger partial charge >= 0.3 is 0 Å². The van der Waals surface area contributed by atoms with Crippen molar-refractivity contribution in [3.05, 3.63) is 53.9 Å². The fourth-order valence-corrected chi connectivity index (χ4v) is 2.03. The number of nitrogens with one attached hydrogen (secondary N) is 1. The molecule has 0 spiro atoms. The molecule has 0 radical (unpaired) electrons. The molecule has 3 rings (SSSR count). The van der Waals surface area contributed by atoms with Gasteiger partial charge in [-0.05, 0) is 5.56 Å². The van der Waals surface area contributed by atoms with E-state index in [0.717, 1.165) is 12.1 Å². The van der Waals surface area contributed by atoms with Crippen LogP contribution in [0.15, 0.2) is 42.7 Å². The van der Waals surface area contributed by atoms with E-state index in [1.807, 2.05) is 29.1 Å². The lowest BCUT2D eigenvalue weighted by Crippen LogP contribution is -2.56. The van der Waals surface area contributed by atoms with Gasteiger partial charge in [-0.25, -0.2) is 0 Å². The molecule has 1 saturated heterocycles. The van der Waals surface area contributed by atoms with E-state index in [9.17, 15) is 5.11 Å². The zero-order valence-corrected chi connectivity index (χ0v) is 9.50. The Balaban J connectivity index is 1.77. The van der Waals surface area contributed by atoms with Crippen molar-refractivity contribution in [2.24, 2.45) is 0 Å². The molecule has 2 aromatic rings. The van der Waals surface area contributed by atoms with Crippen molar-refractivity contribution in [3.63, 3.8) is 0 Å². The zero-order chi connectivity index (χ0) is 11.7. The average Bonchev–Trinajstić information content (AvgIpc) is 2.76. The average molecular weight is 229 g/mol. The minimum atomic E-state index is -0.713. The van der Waals surface area contributed by atoms with Gasteiger partial charge < -0.3 is 10.4 Å². The number of aliphatic hydroxyl groups is 1. The maximum absolute atomic E-state index is 10.1. The van der Waals surface area contributed by atoms with Gasteiger partial charge in [0.25, 0.3) is 0 Å². The smallest absolute Gasteiger partial charge is 0.117 e. The van der Waals surface area contributed by atoms with Crippen LogP contribution in [0, 0.1) is 0 Å². The number of rotatable bonds is 3. The summed E-state index contributed by atoms with van der Waals surface area (Å²) in [6.45, 7) is 1.97. The summed E-state index contributed by atoms with van der Waals surface area (Å²) < 4.78 is 1.86. The largest absolute Gasteiger partial charge is 0.382 e. The SMILES string of the molecule is OC1(c2cnn(Cc3ccccc3)c2)CNC1. The zero-order valence-electron chi connectivity index (χ0n) is 9.50. The summed E-state index contributed by atoms with van der Waals surface area (Å²) in [5.74, 6) is 0. The summed E-state index contributed by atoms with van der Waals surface area (Å²) in [6, 6.07) is 10.2. The second kappa shape index (κ2) is 3.98. The van der Waals surface area contributed by atoms with Crippen molar-refractivity contribution in [3.8, 4) is 0 Å². The Hall–Kier alpha value is -1.65. The van der Waals surface area contributed by atoms with Crippen LogP contribution in [0.3, 0.4) is 0 Å². The second-order valence-corrected chi connectivity index (χ2v) is 4.55. The molecule has 0 bridgehead atoms. The van der Waals surface area contributed by atoms with Gasteiger partial charge in [-0.15, -0.1) is 0 Å². The van der Waals surface area contributed by atoms with E-state index in [4.69, 9.17) is 0 Å². The molecule has 1 aromatic carbocycles. The van der Waals surface area contributed by atoms with Gasteiger partial charge in [-0.3, -0.25) is 4.68 Å². The summed E-state index contributed by atoms with van der Waals surface area (Å²) in [5, 5.41) is 17.5. The Morgan fingerprint density at radius 1 is 1.29 bits per heavy atom. The Kier molecular flexibility index (Phi) is 2.46. The molecule has 0 aliphatic carbocycles. The number of aromatic nitrogens is 2. The number of hydrogen-bond acceptors (Lipinski definition) is 3. The van der Waals surface area contributed by atoms with Crippen molar-refractivity contribution >= 4 is 0 Å². The Morgan fingerprint density at radius 2 is 2.06 bits per heavy atom. The highest BCUT2D eigenvalue weighted by Gasteiger charge is 2.37. The molecule has 88 valence electrons. The molecule has 4 heteroatoms. The van der Waals surface area contributed by atoms with Crippen LogP contribution < -0.4 is 5.32 Å². The van der Waals surface area contributed by atoms with Gasteiger partial charge in [0.15, 0.2) is 0 Å². The predicted octanol–water partition coefficient (Wildman–Crippen LogP) is 0.722. The topological polar surface area (TPSA) is 50.1 Å². The Bertz CT molecular complexity index is 502. The first-order chi connectivity index (χ1) is 8.26. The first kappa shape index (κ1) is 10.5. The first-order valence-corrected chi connectivity index (χ1v) is 5.76. The van der Waals surface area contributed by atoms with Crippen LogP contribution in [-0.4, -0.2) is 28.0 Å². The number of hydrogen-bond donors (Lipinski definition) is 2. The molecule has 0 atom stereocenters. The molecule has 0 saturated carbocycles. The lowest BCUT2D eigenvalue weighted by Gasteiger charge is -2.36. The van der Waals surface area contributed by atoms with E-state index in [1.165, 1.54) is 5.56 Å². The highest BCUT2D eigenvalue weighted by molar-refractivity contribution is 5.21. The minimum absolute atomic E-state index is 0.615. The maximum Gasteiger partial charge on any atom is 0.117 e. The van der Waals surface area contributed by atoms with Crippen LogP contribution >= 0.6 is 0 Å². The van der Waals surface area contributed by atoms with Crippen molar-refractivity contribution < 1.29 is 5.11 Å². The summed E-state index contributed by atoms with van der Waals surface area (Å²) >= 11 is 0. The third-order valence-corrected chi connectivity index (χ3v) is 3.19. The van der Waals surface area contributed by atoms with Gasteiger partial charge in [0.1, 0.15) is 5.60 Å². The van der Waals surface area contributed by atoms with Crippen LogP contribution in [0.1, 0.15) is 11.1 Å². The van der Waals surface area contributed by atoms with E-state index in [0.29, 0.717) is 13.1 Å². The molecule has 0 unspecified atom stereocenters. The molecule has 2 N–H and O–H groups in total. The quantitative estimate of drug-likeness (QED) is 0.815. The minimum Gasteiger partial charge on any atom is -0.382 e.